The first-order chi connectivity index (χ1) is 9.42. The van der Waals surface area contributed by atoms with E-state index in [0.29, 0.717) is 12.2 Å². The average molecular weight is 335 g/mol. The van der Waals surface area contributed by atoms with Gasteiger partial charge in [0, 0.05) is 18.8 Å². The number of Topliss-reactive ketones (excluding diaryl/α,β-unsaturated/α-hetero) is 1. The van der Waals surface area contributed by atoms with Crippen molar-refractivity contribution in [2.24, 2.45) is 5.41 Å². The molecule has 1 aliphatic carbocycles. The van der Waals surface area contributed by atoms with Crippen LogP contribution in [-0.2, 0) is 0 Å². The maximum atomic E-state index is 12.4. The van der Waals surface area contributed by atoms with Gasteiger partial charge in [-0.15, -0.1) is 0 Å². The number of aromatic nitrogens is 4. The number of ketones is 1. The van der Waals surface area contributed by atoms with Gasteiger partial charge in [-0.25, -0.2) is 9.67 Å². The summed E-state index contributed by atoms with van der Waals surface area (Å²) in [6, 6.07) is 0. The first kappa shape index (κ1) is 13.4. The van der Waals surface area contributed by atoms with Crippen molar-refractivity contribution in [3.63, 3.8) is 0 Å². The summed E-state index contributed by atoms with van der Waals surface area (Å²) in [7, 11) is 0. The molecule has 2 heterocycles. The SMILES string of the molecule is Cc1nn(-c2cnccn2)c2c1C(=O)CC(C)(C)C2Br. The normalized spacial score (nSPS) is 20.8. The van der Waals surface area contributed by atoms with Crippen LogP contribution in [0.15, 0.2) is 18.6 Å². The molecule has 1 aliphatic rings. The van der Waals surface area contributed by atoms with Crippen LogP contribution in [0.3, 0.4) is 0 Å². The summed E-state index contributed by atoms with van der Waals surface area (Å²) >= 11 is 3.74. The van der Waals surface area contributed by atoms with Crippen LogP contribution in [0.2, 0.25) is 0 Å². The predicted molar refractivity (Wildman–Crippen MR) is 78.3 cm³/mol. The molecular formula is C14H15BrN4O. The molecule has 0 radical (unpaired) electrons. The van der Waals surface area contributed by atoms with Gasteiger partial charge in [-0.1, -0.05) is 29.8 Å². The highest BCUT2D eigenvalue weighted by molar-refractivity contribution is 9.09. The first-order valence-electron chi connectivity index (χ1n) is 6.45. The Balaban J connectivity index is 2.26. The lowest BCUT2D eigenvalue weighted by Gasteiger charge is -2.34. The molecule has 0 aromatic carbocycles. The van der Waals surface area contributed by atoms with Gasteiger partial charge >= 0.3 is 0 Å². The van der Waals surface area contributed by atoms with E-state index in [1.807, 2.05) is 6.92 Å². The monoisotopic (exact) mass is 334 g/mol. The van der Waals surface area contributed by atoms with Gasteiger partial charge in [0.2, 0.25) is 0 Å². The van der Waals surface area contributed by atoms with E-state index in [9.17, 15) is 4.79 Å². The lowest BCUT2D eigenvalue weighted by atomic mass is 9.75. The minimum absolute atomic E-state index is 0.0471. The van der Waals surface area contributed by atoms with Crippen molar-refractivity contribution in [1.29, 1.82) is 0 Å². The number of alkyl halides is 1. The molecule has 0 amide bonds. The van der Waals surface area contributed by atoms with Crippen LogP contribution in [0.4, 0.5) is 0 Å². The number of nitrogens with zero attached hydrogens (tertiary/aromatic N) is 4. The summed E-state index contributed by atoms with van der Waals surface area (Å²) in [5.74, 6) is 0.778. The summed E-state index contributed by atoms with van der Waals surface area (Å²) in [6.45, 7) is 6.02. The zero-order valence-corrected chi connectivity index (χ0v) is 13.2. The molecule has 0 saturated carbocycles. The maximum absolute atomic E-state index is 12.4. The van der Waals surface area contributed by atoms with Gasteiger partial charge in [-0.05, 0) is 12.3 Å². The van der Waals surface area contributed by atoms with Gasteiger partial charge in [0.1, 0.15) is 0 Å². The molecule has 2 aromatic rings. The molecular weight excluding hydrogens is 320 g/mol. The summed E-state index contributed by atoms with van der Waals surface area (Å²) in [6.07, 6.45) is 5.41. The fourth-order valence-electron chi connectivity index (χ4n) is 2.66. The topological polar surface area (TPSA) is 60.7 Å². The molecule has 0 fully saturated rings. The van der Waals surface area contributed by atoms with Crippen LogP contribution in [0, 0.1) is 12.3 Å². The third-order valence-corrected chi connectivity index (χ3v) is 5.36. The van der Waals surface area contributed by atoms with Crippen molar-refractivity contribution >= 4 is 21.7 Å². The van der Waals surface area contributed by atoms with E-state index in [4.69, 9.17) is 0 Å². The number of carbonyl (C=O) groups excluding carboxylic acids is 1. The molecule has 0 spiro atoms. The lowest BCUT2D eigenvalue weighted by molar-refractivity contribution is 0.0909. The quantitative estimate of drug-likeness (QED) is 0.752. The van der Waals surface area contributed by atoms with E-state index in [1.165, 1.54) is 0 Å². The van der Waals surface area contributed by atoms with E-state index in [-0.39, 0.29) is 16.0 Å². The van der Waals surface area contributed by atoms with Gasteiger partial charge < -0.3 is 0 Å². The Bertz CT molecular complexity index is 678. The Labute approximate surface area is 125 Å². The fraction of sp³-hybridized carbons (Fsp3) is 0.429. The molecule has 1 unspecified atom stereocenters. The van der Waals surface area contributed by atoms with Crippen molar-refractivity contribution in [2.75, 3.05) is 0 Å². The summed E-state index contributed by atoms with van der Waals surface area (Å²) in [5, 5.41) is 4.49. The minimum atomic E-state index is -0.156. The fourth-order valence-corrected chi connectivity index (χ4v) is 3.25. The van der Waals surface area contributed by atoms with E-state index in [0.717, 1.165) is 17.0 Å². The van der Waals surface area contributed by atoms with Gasteiger partial charge in [0.25, 0.3) is 0 Å². The van der Waals surface area contributed by atoms with E-state index < -0.39 is 0 Å². The van der Waals surface area contributed by atoms with Crippen molar-refractivity contribution in [2.45, 2.75) is 32.0 Å². The van der Waals surface area contributed by atoms with Crippen LogP contribution in [0.25, 0.3) is 5.82 Å². The molecule has 20 heavy (non-hydrogen) atoms. The van der Waals surface area contributed by atoms with Crippen molar-refractivity contribution < 1.29 is 4.79 Å². The minimum Gasteiger partial charge on any atom is -0.294 e. The largest absolute Gasteiger partial charge is 0.294 e. The molecule has 3 rings (SSSR count). The molecule has 0 saturated heterocycles. The van der Waals surface area contributed by atoms with Gasteiger partial charge in [0.05, 0.1) is 28.0 Å². The van der Waals surface area contributed by atoms with E-state index in [2.05, 4.69) is 44.8 Å². The van der Waals surface area contributed by atoms with Crippen molar-refractivity contribution in [1.82, 2.24) is 19.7 Å². The van der Waals surface area contributed by atoms with E-state index in [1.54, 1.807) is 23.3 Å². The number of rotatable bonds is 1. The van der Waals surface area contributed by atoms with E-state index >= 15 is 0 Å². The second kappa shape index (κ2) is 4.48. The first-order valence-corrected chi connectivity index (χ1v) is 7.36. The lowest BCUT2D eigenvalue weighted by Crippen LogP contribution is -2.30. The molecule has 104 valence electrons. The molecule has 5 nitrogen and oxygen atoms in total. The van der Waals surface area contributed by atoms with Crippen LogP contribution < -0.4 is 0 Å². The van der Waals surface area contributed by atoms with Crippen molar-refractivity contribution in [3.8, 4) is 5.82 Å². The molecule has 2 aromatic heterocycles. The Morgan fingerprint density at radius 3 is 2.80 bits per heavy atom. The van der Waals surface area contributed by atoms with Crippen LogP contribution in [-0.4, -0.2) is 25.5 Å². The zero-order chi connectivity index (χ0) is 14.5. The second-order valence-electron chi connectivity index (χ2n) is 5.77. The van der Waals surface area contributed by atoms with Crippen LogP contribution in [0.5, 0.6) is 0 Å². The highest BCUT2D eigenvalue weighted by Gasteiger charge is 2.42. The predicted octanol–water partition coefficient (Wildman–Crippen LogP) is 3.02. The highest BCUT2D eigenvalue weighted by Crippen LogP contribution is 2.49. The number of hydrogen-bond acceptors (Lipinski definition) is 4. The van der Waals surface area contributed by atoms with Gasteiger partial charge in [0.15, 0.2) is 11.6 Å². The van der Waals surface area contributed by atoms with Crippen LogP contribution >= 0.6 is 15.9 Å². The average Bonchev–Trinajstić information content (AvgIpc) is 2.75. The number of fused-ring (bicyclic) bond motifs is 1. The van der Waals surface area contributed by atoms with Gasteiger partial charge in [-0.2, -0.15) is 5.10 Å². The Morgan fingerprint density at radius 2 is 2.15 bits per heavy atom. The second-order valence-corrected chi connectivity index (χ2v) is 6.69. The van der Waals surface area contributed by atoms with Gasteiger partial charge in [-0.3, -0.25) is 9.78 Å². The summed E-state index contributed by atoms with van der Waals surface area (Å²) < 4.78 is 1.73. The third kappa shape index (κ3) is 1.90. The zero-order valence-electron chi connectivity index (χ0n) is 11.6. The third-order valence-electron chi connectivity index (χ3n) is 3.68. The molecule has 0 bridgehead atoms. The maximum Gasteiger partial charge on any atom is 0.172 e. The number of hydrogen-bond donors (Lipinski definition) is 0. The Morgan fingerprint density at radius 1 is 1.40 bits per heavy atom. The number of aryl methyl sites for hydroxylation is 1. The molecule has 0 aliphatic heterocycles. The smallest absolute Gasteiger partial charge is 0.172 e. The number of carbonyl (C=O) groups is 1. The summed E-state index contributed by atoms with van der Waals surface area (Å²) in [4.78, 5) is 20.8. The highest BCUT2D eigenvalue weighted by atomic mass is 79.9. The Kier molecular flexibility index (Phi) is 3.01. The Hall–Kier alpha value is -1.56. The number of halogens is 1. The van der Waals surface area contributed by atoms with Crippen molar-refractivity contribution in [3.05, 3.63) is 35.5 Å². The standard InChI is InChI=1S/C14H15BrN4O/c1-8-11-9(20)6-14(2,3)13(15)12(11)19(18-8)10-7-16-4-5-17-10/h4-5,7,13H,6H2,1-3H3. The molecule has 6 heteroatoms. The molecule has 0 N–H and O–H groups in total. The van der Waals surface area contributed by atoms with Crippen LogP contribution in [0.1, 0.15) is 46.8 Å². The summed E-state index contributed by atoms with van der Waals surface area (Å²) in [5.41, 5.74) is 2.19. The molecule has 1 atom stereocenters.